The summed E-state index contributed by atoms with van der Waals surface area (Å²) in [7, 11) is 4.12. The van der Waals surface area contributed by atoms with Gasteiger partial charge < -0.3 is 9.80 Å². The largest absolute Gasteiger partial charge is 0.352 e. The van der Waals surface area contributed by atoms with Crippen molar-refractivity contribution in [3.05, 3.63) is 10.7 Å². The van der Waals surface area contributed by atoms with Gasteiger partial charge in [0.05, 0.1) is 4.47 Å². The molecule has 0 bridgehead atoms. The summed E-state index contributed by atoms with van der Waals surface area (Å²) in [6.07, 6.45) is 1.71. The molecule has 1 atom stereocenters. The highest BCUT2D eigenvalue weighted by molar-refractivity contribution is 9.10. The maximum absolute atomic E-state index is 5.35. The lowest BCUT2D eigenvalue weighted by Crippen LogP contribution is -2.40. The van der Waals surface area contributed by atoms with Gasteiger partial charge in [0.1, 0.15) is 5.82 Å². The molecule has 3 N–H and O–H groups in total. The molecule has 0 radical (unpaired) electrons. The van der Waals surface area contributed by atoms with Crippen LogP contribution in [0.15, 0.2) is 10.7 Å². The highest BCUT2D eigenvalue weighted by Crippen LogP contribution is 2.25. The van der Waals surface area contributed by atoms with E-state index < -0.39 is 0 Å². The van der Waals surface area contributed by atoms with Crippen molar-refractivity contribution < 1.29 is 0 Å². The lowest BCUT2D eigenvalue weighted by atomic mass is 10.2. The number of nitrogens with zero attached hydrogens (tertiary/aromatic N) is 4. The molecular formula is C11H21BrN6. The van der Waals surface area contributed by atoms with Crippen LogP contribution in [-0.2, 0) is 0 Å². The molecule has 0 fully saturated rings. The van der Waals surface area contributed by atoms with Gasteiger partial charge in [-0.3, -0.25) is 5.43 Å². The van der Waals surface area contributed by atoms with E-state index in [1.165, 1.54) is 0 Å². The predicted molar refractivity (Wildman–Crippen MR) is 78.6 cm³/mol. The Labute approximate surface area is 117 Å². The van der Waals surface area contributed by atoms with Crippen LogP contribution in [0.3, 0.4) is 0 Å². The third kappa shape index (κ3) is 3.79. The van der Waals surface area contributed by atoms with Crippen LogP contribution in [0, 0.1) is 0 Å². The molecule has 102 valence electrons. The summed E-state index contributed by atoms with van der Waals surface area (Å²) < 4.78 is 0.869. The molecule has 18 heavy (non-hydrogen) atoms. The van der Waals surface area contributed by atoms with Crippen LogP contribution in [0.25, 0.3) is 0 Å². The van der Waals surface area contributed by atoms with Gasteiger partial charge in [0, 0.05) is 25.3 Å². The number of hydrogen-bond donors (Lipinski definition) is 2. The van der Waals surface area contributed by atoms with E-state index in [9.17, 15) is 0 Å². The summed E-state index contributed by atoms with van der Waals surface area (Å²) in [5.41, 5.74) is 2.47. The predicted octanol–water partition coefficient (Wildman–Crippen LogP) is 1.30. The van der Waals surface area contributed by atoms with Crippen LogP contribution >= 0.6 is 15.9 Å². The summed E-state index contributed by atoms with van der Waals surface area (Å²) in [6.45, 7) is 6.11. The van der Waals surface area contributed by atoms with E-state index in [1.54, 1.807) is 6.20 Å². The number of anilines is 2. The third-order valence-corrected chi connectivity index (χ3v) is 3.19. The standard InChI is InChI=1S/C11H21BrN6/c1-5-18(8(2)7-17(3)4)10-9(12)6-14-11(15-10)16-13/h6,8H,5,7,13H2,1-4H3,(H,14,15,16). The number of rotatable bonds is 6. The second kappa shape index (κ2) is 6.86. The van der Waals surface area contributed by atoms with Crippen LogP contribution in [-0.4, -0.2) is 48.1 Å². The molecule has 7 heteroatoms. The molecule has 0 aromatic carbocycles. The van der Waals surface area contributed by atoms with Gasteiger partial charge in [0.2, 0.25) is 5.95 Å². The van der Waals surface area contributed by atoms with Crippen molar-refractivity contribution in [2.24, 2.45) is 5.84 Å². The smallest absolute Gasteiger partial charge is 0.239 e. The summed E-state index contributed by atoms with van der Waals surface area (Å²) in [4.78, 5) is 12.8. The number of nitrogens with two attached hydrogens (primary N) is 1. The van der Waals surface area contributed by atoms with Gasteiger partial charge in [-0.1, -0.05) is 0 Å². The molecule has 1 heterocycles. The maximum atomic E-state index is 5.35. The number of likely N-dealkylation sites (N-methyl/N-ethyl adjacent to an activating group) is 2. The Hall–Kier alpha value is -0.920. The quantitative estimate of drug-likeness (QED) is 0.609. The van der Waals surface area contributed by atoms with Crippen LogP contribution in [0.1, 0.15) is 13.8 Å². The molecule has 1 aromatic heterocycles. The zero-order valence-electron chi connectivity index (χ0n) is 11.3. The van der Waals surface area contributed by atoms with Gasteiger partial charge in [0.15, 0.2) is 0 Å². The van der Waals surface area contributed by atoms with E-state index in [0.29, 0.717) is 12.0 Å². The lowest BCUT2D eigenvalue weighted by molar-refractivity contribution is 0.372. The summed E-state index contributed by atoms with van der Waals surface area (Å²) in [6, 6.07) is 0.349. The first-order valence-electron chi connectivity index (χ1n) is 5.90. The van der Waals surface area contributed by atoms with Crippen LogP contribution in [0.4, 0.5) is 11.8 Å². The molecule has 0 spiro atoms. The molecule has 1 aromatic rings. The fourth-order valence-electron chi connectivity index (χ4n) is 1.93. The van der Waals surface area contributed by atoms with E-state index >= 15 is 0 Å². The van der Waals surface area contributed by atoms with Crippen molar-refractivity contribution in [1.29, 1.82) is 0 Å². The minimum absolute atomic E-state index is 0.349. The van der Waals surface area contributed by atoms with Gasteiger partial charge >= 0.3 is 0 Å². The van der Waals surface area contributed by atoms with Crippen molar-refractivity contribution in [2.75, 3.05) is 37.5 Å². The van der Waals surface area contributed by atoms with E-state index in [4.69, 9.17) is 5.84 Å². The third-order valence-electron chi connectivity index (χ3n) is 2.63. The minimum Gasteiger partial charge on any atom is -0.352 e. The molecule has 1 rings (SSSR count). The molecular weight excluding hydrogens is 296 g/mol. The van der Waals surface area contributed by atoms with Gasteiger partial charge in [0.25, 0.3) is 0 Å². The summed E-state index contributed by atoms with van der Waals surface area (Å²) in [5, 5.41) is 0. The van der Waals surface area contributed by atoms with E-state index in [0.717, 1.165) is 23.4 Å². The second-order valence-electron chi connectivity index (χ2n) is 4.41. The van der Waals surface area contributed by atoms with E-state index in [2.05, 4.69) is 69.1 Å². The minimum atomic E-state index is 0.349. The first-order chi connectivity index (χ1) is 8.49. The Morgan fingerprint density at radius 2 is 2.17 bits per heavy atom. The fraction of sp³-hybridized carbons (Fsp3) is 0.636. The molecule has 1 unspecified atom stereocenters. The van der Waals surface area contributed by atoms with Crippen LogP contribution in [0.2, 0.25) is 0 Å². The average molecular weight is 317 g/mol. The molecule has 0 aliphatic carbocycles. The number of nitrogen functional groups attached to an aromatic ring is 1. The van der Waals surface area contributed by atoms with Crippen molar-refractivity contribution in [1.82, 2.24) is 14.9 Å². The first kappa shape index (κ1) is 15.1. The number of hydrazine groups is 1. The lowest BCUT2D eigenvalue weighted by Gasteiger charge is -2.31. The molecule has 0 saturated carbocycles. The monoisotopic (exact) mass is 316 g/mol. The average Bonchev–Trinajstić information content (AvgIpc) is 2.31. The van der Waals surface area contributed by atoms with Crippen molar-refractivity contribution in [3.63, 3.8) is 0 Å². The highest BCUT2D eigenvalue weighted by Gasteiger charge is 2.18. The SMILES string of the molecule is CCN(c1nc(NN)ncc1Br)C(C)CN(C)C. The summed E-state index contributed by atoms with van der Waals surface area (Å²) in [5.74, 6) is 6.63. The van der Waals surface area contributed by atoms with Gasteiger partial charge in [-0.05, 0) is 43.9 Å². The Balaban J connectivity index is 3.00. The number of nitrogens with one attached hydrogen (secondary N) is 1. The Kier molecular flexibility index (Phi) is 5.77. The van der Waals surface area contributed by atoms with E-state index in [1.807, 2.05) is 0 Å². The Bertz CT molecular complexity index is 384. The van der Waals surface area contributed by atoms with Gasteiger partial charge in [-0.2, -0.15) is 4.98 Å². The number of aromatic nitrogens is 2. The van der Waals surface area contributed by atoms with Crippen molar-refractivity contribution in [3.8, 4) is 0 Å². The number of halogens is 1. The normalized spacial score (nSPS) is 12.6. The van der Waals surface area contributed by atoms with Gasteiger partial charge in [-0.25, -0.2) is 10.8 Å². The zero-order chi connectivity index (χ0) is 13.7. The van der Waals surface area contributed by atoms with Gasteiger partial charge in [-0.15, -0.1) is 0 Å². The molecule has 0 aliphatic heterocycles. The van der Waals surface area contributed by atoms with Crippen LogP contribution < -0.4 is 16.2 Å². The topological polar surface area (TPSA) is 70.3 Å². The van der Waals surface area contributed by atoms with Crippen LogP contribution in [0.5, 0.6) is 0 Å². The Morgan fingerprint density at radius 3 is 2.67 bits per heavy atom. The number of hydrogen-bond acceptors (Lipinski definition) is 6. The molecule has 0 aliphatic rings. The first-order valence-corrected chi connectivity index (χ1v) is 6.69. The van der Waals surface area contributed by atoms with E-state index in [-0.39, 0.29) is 0 Å². The molecule has 6 nitrogen and oxygen atoms in total. The zero-order valence-corrected chi connectivity index (χ0v) is 12.9. The second-order valence-corrected chi connectivity index (χ2v) is 5.26. The molecule has 0 saturated heterocycles. The fourth-order valence-corrected chi connectivity index (χ4v) is 2.35. The molecule has 0 amide bonds. The highest BCUT2D eigenvalue weighted by atomic mass is 79.9. The maximum Gasteiger partial charge on any atom is 0.239 e. The van der Waals surface area contributed by atoms with Crippen molar-refractivity contribution in [2.45, 2.75) is 19.9 Å². The summed E-state index contributed by atoms with van der Waals surface area (Å²) >= 11 is 3.49. The van der Waals surface area contributed by atoms with Crippen molar-refractivity contribution >= 4 is 27.7 Å². The Morgan fingerprint density at radius 1 is 1.50 bits per heavy atom.